The average molecular weight is 292 g/mol. The molecule has 0 amide bonds. The fraction of sp³-hybridized carbons (Fsp3) is 0.600. The molecule has 2 rings (SSSR count). The predicted molar refractivity (Wildman–Crippen MR) is 83.5 cm³/mol. The van der Waals surface area contributed by atoms with Crippen LogP contribution in [0.15, 0.2) is 12.3 Å². The number of rotatable bonds is 3. The number of piperazine rings is 1. The number of nitrogens with zero attached hydrogens (tertiary/aromatic N) is 3. The van der Waals surface area contributed by atoms with Crippen molar-refractivity contribution in [3.8, 4) is 0 Å². The minimum absolute atomic E-state index is 0.336. The predicted octanol–water partition coefficient (Wildman–Crippen LogP) is 1.37. The van der Waals surface area contributed by atoms with Crippen molar-refractivity contribution < 1.29 is 9.53 Å². The number of hydrogen-bond acceptors (Lipinski definition) is 6. The van der Waals surface area contributed by atoms with Crippen molar-refractivity contribution in [2.75, 3.05) is 37.4 Å². The Labute approximate surface area is 125 Å². The van der Waals surface area contributed by atoms with Gasteiger partial charge in [-0.1, -0.05) is 0 Å². The quantitative estimate of drug-likeness (QED) is 0.848. The SMILES string of the molecule is CCOC(=O)c1cc(N)cnc1N1CC(C)N(C)C(C)C1. The first-order chi connectivity index (χ1) is 9.93. The molecule has 6 nitrogen and oxygen atoms in total. The lowest BCUT2D eigenvalue weighted by atomic mass is 10.1. The normalized spacial score (nSPS) is 23.1. The van der Waals surface area contributed by atoms with Crippen LogP contribution in [0.1, 0.15) is 31.1 Å². The molecule has 1 saturated heterocycles. The van der Waals surface area contributed by atoms with E-state index in [0.717, 1.165) is 13.1 Å². The number of aromatic nitrogens is 1. The van der Waals surface area contributed by atoms with Crippen molar-refractivity contribution >= 4 is 17.5 Å². The smallest absolute Gasteiger partial charge is 0.341 e. The third-order valence-corrected chi connectivity index (χ3v) is 4.04. The molecule has 1 aliphatic rings. The maximum atomic E-state index is 12.1. The zero-order valence-corrected chi connectivity index (χ0v) is 13.2. The van der Waals surface area contributed by atoms with Crippen LogP contribution in [0.2, 0.25) is 0 Å². The van der Waals surface area contributed by atoms with Crippen LogP contribution < -0.4 is 10.6 Å². The van der Waals surface area contributed by atoms with Gasteiger partial charge in [-0.3, -0.25) is 4.90 Å². The van der Waals surface area contributed by atoms with E-state index in [4.69, 9.17) is 10.5 Å². The van der Waals surface area contributed by atoms with Crippen molar-refractivity contribution in [2.24, 2.45) is 0 Å². The number of carbonyl (C=O) groups is 1. The lowest BCUT2D eigenvalue weighted by molar-refractivity contribution is 0.0526. The number of ether oxygens (including phenoxy) is 1. The molecule has 1 aromatic rings. The minimum Gasteiger partial charge on any atom is -0.462 e. The van der Waals surface area contributed by atoms with Gasteiger partial charge in [-0.15, -0.1) is 0 Å². The lowest BCUT2D eigenvalue weighted by Gasteiger charge is -2.43. The number of hydrogen-bond donors (Lipinski definition) is 1. The van der Waals surface area contributed by atoms with Crippen molar-refractivity contribution in [1.29, 1.82) is 0 Å². The number of likely N-dealkylation sites (N-methyl/N-ethyl adjacent to an activating group) is 1. The Hall–Kier alpha value is -1.82. The maximum absolute atomic E-state index is 12.1. The Morgan fingerprint density at radius 3 is 2.62 bits per heavy atom. The molecule has 1 aromatic heterocycles. The van der Waals surface area contributed by atoms with Crippen LogP contribution in [0.25, 0.3) is 0 Å². The Bertz CT molecular complexity index is 508. The summed E-state index contributed by atoms with van der Waals surface area (Å²) in [6.07, 6.45) is 1.59. The molecule has 2 N–H and O–H groups in total. The van der Waals surface area contributed by atoms with Crippen molar-refractivity contribution in [3.63, 3.8) is 0 Å². The van der Waals surface area contributed by atoms with E-state index in [1.807, 2.05) is 0 Å². The van der Waals surface area contributed by atoms with Crippen molar-refractivity contribution in [3.05, 3.63) is 17.8 Å². The molecule has 21 heavy (non-hydrogen) atoms. The highest BCUT2D eigenvalue weighted by Gasteiger charge is 2.29. The summed E-state index contributed by atoms with van der Waals surface area (Å²) >= 11 is 0. The summed E-state index contributed by atoms with van der Waals surface area (Å²) < 4.78 is 5.12. The average Bonchev–Trinajstić information content (AvgIpc) is 2.44. The summed E-state index contributed by atoms with van der Waals surface area (Å²) in [5.74, 6) is 0.293. The Balaban J connectivity index is 2.33. The first kappa shape index (κ1) is 15.6. The van der Waals surface area contributed by atoms with Crippen LogP contribution in [-0.4, -0.2) is 54.7 Å². The van der Waals surface area contributed by atoms with E-state index >= 15 is 0 Å². The molecule has 2 atom stereocenters. The second kappa shape index (κ2) is 6.30. The first-order valence-corrected chi connectivity index (χ1v) is 7.33. The van der Waals surface area contributed by atoms with Crippen LogP contribution in [0, 0.1) is 0 Å². The van der Waals surface area contributed by atoms with Crippen molar-refractivity contribution in [2.45, 2.75) is 32.9 Å². The molecule has 0 aliphatic carbocycles. The van der Waals surface area contributed by atoms with Gasteiger partial charge in [0.05, 0.1) is 18.5 Å². The van der Waals surface area contributed by atoms with Gasteiger partial charge in [-0.2, -0.15) is 0 Å². The monoisotopic (exact) mass is 292 g/mol. The fourth-order valence-electron chi connectivity index (χ4n) is 2.66. The maximum Gasteiger partial charge on any atom is 0.341 e. The van der Waals surface area contributed by atoms with Gasteiger partial charge in [0.15, 0.2) is 0 Å². The van der Waals surface area contributed by atoms with Crippen molar-refractivity contribution in [1.82, 2.24) is 9.88 Å². The zero-order valence-electron chi connectivity index (χ0n) is 13.2. The Morgan fingerprint density at radius 2 is 2.05 bits per heavy atom. The topological polar surface area (TPSA) is 71.7 Å². The standard InChI is InChI=1S/C15H24N4O2/c1-5-21-15(20)13-6-12(16)7-17-14(13)19-8-10(2)18(4)11(3)9-19/h6-7,10-11H,5,8-9,16H2,1-4H3. The molecular formula is C15H24N4O2. The fourth-order valence-corrected chi connectivity index (χ4v) is 2.66. The van der Waals surface area contributed by atoms with Crippen LogP contribution in [0.4, 0.5) is 11.5 Å². The van der Waals surface area contributed by atoms with Gasteiger partial charge < -0.3 is 15.4 Å². The summed E-state index contributed by atoms with van der Waals surface area (Å²) in [5.41, 5.74) is 6.69. The first-order valence-electron chi connectivity index (χ1n) is 7.33. The van der Waals surface area contributed by atoms with E-state index in [0.29, 0.717) is 35.8 Å². The summed E-state index contributed by atoms with van der Waals surface area (Å²) in [7, 11) is 2.12. The van der Waals surface area contributed by atoms with Crippen LogP contribution in [-0.2, 0) is 4.74 Å². The van der Waals surface area contributed by atoms with Crippen LogP contribution >= 0.6 is 0 Å². The lowest BCUT2D eigenvalue weighted by Crippen LogP contribution is -2.55. The highest BCUT2D eigenvalue weighted by atomic mass is 16.5. The molecule has 6 heteroatoms. The Morgan fingerprint density at radius 1 is 1.43 bits per heavy atom. The molecule has 1 aliphatic heterocycles. The van der Waals surface area contributed by atoms with Gasteiger partial charge in [-0.25, -0.2) is 9.78 Å². The van der Waals surface area contributed by atoms with E-state index in [2.05, 4.69) is 35.7 Å². The molecule has 0 bridgehead atoms. The third-order valence-electron chi connectivity index (χ3n) is 4.04. The summed E-state index contributed by atoms with van der Waals surface area (Å²) in [6.45, 7) is 8.11. The molecule has 0 radical (unpaired) electrons. The molecule has 0 spiro atoms. The molecule has 0 saturated carbocycles. The Kier molecular flexibility index (Phi) is 4.67. The van der Waals surface area contributed by atoms with E-state index in [-0.39, 0.29) is 5.97 Å². The number of nitrogen functional groups attached to an aromatic ring is 1. The summed E-state index contributed by atoms with van der Waals surface area (Å²) in [4.78, 5) is 21.0. The number of esters is 1. The van der Waals surface area contributed by atoms with E-state index in [1.165, 1.54) is 0 Å². The molecule has 2 unspecified atom stereocenters. The minimum atomic E-state index is -0.369. The van der Waals surface area contributed by atoms with Gasteiger partial charge in [0.1, 0.15) is 11.4 Å². The van der Waals surface area contributed by atoms with Gasteiger partial charge in [0.2, 0.25) is 0 Å². The third kappa shape index (κ3) is 3.26. The second-order valence-electron chi connectivity index (χ2n) is 5.63. The largest absolute Gasteiger partial charge is 0.462 e. The van der Waals surface area contributed by atoms with Gasteiger partial charge in [0, 0.05) is 25.2 Å². The number of anilines is 2. The van der Waals surface area contributed by atoms with E-state index < -0.39 is 0 Å². The number of pyridine rings is 1. The molecule has 1 fully saturated rings. The van der Waals surface area contributed by atoms with Gasteiger partial charge in [0.25, 0.3) is 0 Å². The van der Waals surface area contributed by atoms with Gasteiger partial charge >= 0.3 is 5.97 Å². The highest BCUT2D eigenvalue weighted by molar-refractivity contribution is 5.95. The number of carbonyl (C=O) groups excluding carboxylic acids is 1. The molecule has 116 valence electrons. The summed E-state index contributed by atoms with van der Waals surface area (Å²) in [6, 6.07) is 2.43. The summed E-state index contributed by atoms with van der Waals surface area (Å²) in [5, 5.41) is 0. The van der Waals surface area contributed by atoms with E-state index in [9.17, 15) is 4.79 Å². The van der Waals surface area contributed by atoms with Crippen LogP contribution in [0.5, 0.6) is 0 Å². The molecular weight excluding hydrogens is 268 g/mol. The molecule has 2 heterocycles. The number of nitrogens with two attached hydrogens (primary N) is 1. The molecule has 0 aromatic carbocycles. The van der Waals surface area contributed by atoms with Gasteiger partial charge in [-0.05, 0) is 33.9 Å². The zero-order chi connectivity index (χ0) is 15.6. The highest BCUT2D eigenvalue weighted by Crippen LogP contribution is 2.25. The second-order valence-corrected chi connectivity index (χ2v) is 5.63. The van der Waals surface area contributed by atoms with E-state index in [1.54, 1.807) is 19.2 Å². The van der Waals surface area contributed by atoms with Crippen LogP contribution in [0.3, 0.4) is 0 Å².